The van der Waals surface area contributed by atoms with Crippen LogP contribution in [0.2, 0.25) is 0 Å². The number of hydrogen-bond acceptors (Lipinski definition) is 1. The molecule has 0 atom stereocenters. The van der Waals surface area contributed by atoms with Crippen LogP contribution in [0.3, 0.4) is 0 Å². The highest BCUT2D eigenvalue weighted by atomic mass is 16.4. The van der Waals surface area contributed by atoms with Gasteiger partial charge in [0.25, 0.3) is 0 Å². The molecule has 0 amide bonds. The van der Waals surface area contributed by atoms with Crippen molar-refractivity contribution < 1.29 is 9.90 Å². The van der Waals surface area contributed by atoms with E-state index in [0.29, 0.717) is 12.8 Å². The van der Waals surface area contributed by atoms with Crippen LogP contribution in [0.4, 0.5) is 0 Å². The van der Waals surface area contributed by atoms with Crippen molar-refractivity contribution in [1.29, 1.82) is 0 Å². The first-order valence-electron chi connectivity index (χ1n) is 3.64. The number of rotatable bonds is 1. The van der Waals surface area contributed by atoms with Gasteiger partial charge in [-0.1, -0.05) is 0 Å². The van der Waals surface area contributed by atoms with Crippen molar-refractivity contribution >= 4 is 5.97 Å². The van der Waals surface area contributed by atoms with Crippen LogP contribution in [-0.4, -0.2) is 17.1 Å². The molecule has 0 saturated heterocycles. The normalized spacial score (nSPS) is 33.7. The minimum absolute atomic E-state index is 0.00407. The number of aliphatic carboxylic acids is 1. The number of hydrogen-bond donors (Lipinski definition) is 1. The lowest BCUT2D eigenvalue weighted by molar-refractivity contribution is -0.142. The third-order valence-electron chi connectivity index (χ3n) is 2.08. The Balaban J connectivity index is 2.33. The smallest absolute Gasteiger partial charge is 0.306 e. The van der Waals surface area contributed by atoms with Crippen LogP contribution in [0.1, 0.15) is 25.7 Å². The quantitative estimate of drug-likeness (QED) is 0.591. The topological polar surface area (TPSA) is 61.1 Å². The first kappa shape index (κ1) is 7.54. The van der Waals surface area contributed by atoms with Crippen molar-refractivity contribution in [3.8, 4) is 0 Å². The summed E-state index contributed by atoms with van der Waals surface area (Å²) >= 11 is 0. The molecule has 0 aromatic rings. The molecular formula is C7H12NO2. The Morgan fingerprint density at radius 1 is 1.30 bits per heavy atom. The largest absolute Gasteiger partial charge is 0.481 e. The molecule has 3 heteroatoms. The molecular weight excluding hydrogens is 130 g/mol. The average molecular weight is 142 g/mol. The van der Waals surface area contributed by atoms with Crippen LogP contribution in [0.5, 0.6) is 0 Å². The molecule has 3 nitrogen and oxygen atoms in total. The zero-order chi connectivity index (χ0) is 7.56. The van der Waals surface area contributed by atoms with Crippen LogP contribution < -0.4 is 5.73 Å². The number of nitrogens with one attached hydrogen (secondary N) is 1. The highest BCUT2D eigenvalue weighted by Crippen LogP contribution is 2.23. The lowest BCUT2D eigenvalue weighted by Crippen LogP contribution is -2.24. The van der Waals surface area contributed by atoms with E-state index in [9.17, 15) is 4.79 Å². The molecule has 1 radical (unpaired) electrons. The molecule has 0 unspecified atom stereocenters. The summed E-state index contributed by atoms with van der Waals surface area (Å²) in [6.07, 6.45) is 2.92. The van der Waals surface area contributed by atoms with Crippen molar-refractivity contribution in [2.75, 3.05) is 0 Å². The summed E-state index contributed by atoms with van der Waals surface area (Å²) < 4.78 is 0. The van der Waals surface area contributed by atoms with Gasteiger partial charge in [0.15, 0.2) is 0 Å². The Labute approximate surface area is 60.2 Å². The molecule has 1 aliphatic carbocycles. The Kier molecular flexibility index (Phi) is 2.27. The zero-order valence-corrected chi connectivity index (χ0v) is 5.84. The second-order valence-electron chi connectivity index (χ2n) is 2.89. The second kappa shape index (κ2) is 3.01. The van der Waals surface area contributed by atoms with Crippen LogP contribution >= 0.6 is 0 Å². The van der Waals surface area contributed by atoms with Gasteiger partial charge in [0, 0.05) is 6.04 Å². The highest BCUT2D eigenvalue weighted by Gasteiger charge is 2.23. The van der Waals surface area contributed by atoms with Crippen LogP contribution in [0, 0.1) is 5.92 Å². The summed E-state index contributed by atoms with van der Waals surface area (Å²) in [6, 6.07) is -0.00407. The Bertz CT molecular complexity index is 128. The molecule has 0 spiro atoms. The van der Waals surface area contributed by atoms with Crippen molar-refractivity contribution in [2.24, 2.45) is 5.92 Å². The van der Waals surface area contributed by atoms with E-state index in [1.165, 1.54) is 0 Å². The van der Waals surface area contributed by atoms with Gasteiger partial charge in [0.2, 0.25) is 0 Å². The molecule has 1 fully saturated rings. The predicted molar refractivity (Wildman–Crippen MR) is 36.5 cm³/mol. The van der Waals surface area contributed by atoms with Gasteiger partial charge >= 0.3 is 5.97 Å². The average Bonchev–Trinajstić information content (AvgIpc) is 1.88. The minimum Gasteiger partial charge on any atom is -0.481 e. The first-order valence-corrected chi connectivity index (χ1v) is 3.64. The van der Waals surface area contributed by atoms with Gasteiger partial charge in [0.05, 0.1) is 5.92 Å². The maximum Gasteiger partial charge on any atom is 0.306 e. The fourth-order valence-electron chi connectivity index (χ4n) is 1.34. The summed E-state index contributed by atoms with van der Waals surface area (Å²) in [6.45, 7) is 0. The zero-order valence-electron chi connectivity index (χ0n) is 5.84. The first-order chi connectivity index (χ1) is 4.70. The number of carboxylic acid groups (broad SMARTS) is 1. The van der Waals surface area contributed by atoms with Crippen molar-refractivity contribution in [3.05, 3.63) is 0 Å². The van der Waals surface area contributed by atoms with E-state index >= 15 is 0 Å². The van der Waals surface area contributed by atoms with E-state index in [2.05, 4.69) is 0 Å². The van der Waals surface area contributed by atoms with Crippen molar-refractivity contribution in [3.63, 3.8) is 0 Å². The Morgan fingerprint density at radius 2 is 1.80 bits per heavy atom. The standard InChI is InChI=1S/C7H12NO2/c8-6-3-1-5(2-4-6)7(9)10/h5-6,8H,1-4H2,(H,9,10)/t5-,6-. The molecule has 0 aromatic heterocycles. The van der Waals surface area contributed by atoms with E-state index in [1.807, 2.05) is 0 Å². The van der Waals surface area contributed by atoms with Gasteiger partial charge < -0.3 is 5.11 Å². The fraction of sp³-hybridized carbons (Fsp3) is 0.857. The van der Waals surface area contributed by atoms with E-state index in [4.69, 9.17) is 10.8 Å². The molecule has 0 heterocycles. The molecule has 2 N–H and O–H groups in total. The summed E-state index contributed by atoms with van der Waals surface area (Å²) in [5, 5.41) is 8.56. The van der Waals surface area contributed by atoms with Crippen molar-refractivity contribution in [2.45, 2.75) is 31.7 Å². The molecule has 1 saturated carbocycles. The minimum atomic E-state index is -0.688. The third-order valence-corrected chi connectivity index (χ3v) is 2.08. The number of carbonyl (C=O) groups is 1. The molecule has 0 aromatic carbocycles. The molecule has 0 aliphatic heterocycles. The van der Waals surface area contributed by atoms with Gasteiger partial charge in [-0.05, 0) is 25.7 Å². The van der Waals surface area contributed by atoms with Crippen LogP contribution in [0.15, 0.2) is 0 Å². The monoisotopic (exact) mass is 142 g/mol. The van der Waals surface area contributed by atoms with Crippen molar-refractivity contribution in [1.82, 2.24) is 5.73 Å². The van der Waals surface area contributed by atoms with Gasteiger partial charge in [-0.15, -0.1) is 0 Å². The molecule has 57 valence electrons. The maximum atomic E-state index is 10.4. The Morgan fingerprint density at radius 3 is 2.20 bits per heavy atom. The third kappa shape index (κ3) is 1.70. The van der Waals surface area contributed by atoms with E-state index < -0.39 is 5.97 Å². The van der Waals surface area contributed by atoms with Gasteiger partial charge in [-0.2, -0.15) is 0 Å². The fourth-order valence-corrected chi connectivity index (χ4v) is 1.34. The molecule has 1 aliphatic rings. The summed E-state index contributed by atoms with van der Waals surface area (Å²) in [7, 11) is 0. The van der Waals surface area contributed by atoms with Gasteiger partial charge in [-0.3, -0.25) is 10.5 Å². The lowest BCUT2D eigenvalue weighted by atomic mass is 9.87. The van der Waals surface area contributed by atoms with E-state index in [1.54, 1.807) is 0 Å². The van der Waals surface area contributed by atoms with Gasteiger partial charge in [0.1, 0.15) is 0 Å². The lowest BCUT2D eigenvalue weighted by Gasteiger charge is -2.21. The summed E-state index contributed by atoms with van der Waals surface area (Å²) in [5.41, 5.74) is 7.31. The second-order valence-corrected chi connectivity index (χ2v) is 2.89. The van der Waals surface area contributed by atoms with Gasteiger partial charge in [-0.25, -0.2) is 0 Å². The summed E-state index contributed by atoms with van der Waals surface area (Å²) in [4.78, 5) is 10.4. The van der Waals surface area contributed by atoms with E-state index in [0.717, 1.165) is 12.8 Å². The predicted octanol–water partition coefficient (Wildman–Crippen LogP) is 0.913. The molecule has 10 heavy (non-hydrogen) atoms. The molecule has 0 bridgehead atoms. The number of carboxylic acids is 1. The Hall–Kier alpha value is -0.570. The molecule has 1 rings (SSSR count). The SMILES string of the molecule is [NH][C@H]1CC[C@H](C(=O)O)CC1. The van der Waals surface area contributed by atoms with E-state index in [-0.39, 0.29) is 12.0 Å². The summed E-state index contributed by atoms with van der Waals surface area (Å²) in [5.74, 6) is -0.853. The van der Waals surface area contributed by atoms with Crippen LogP contribution in [-0.2, 0) is 4.79 Å². The highest BCUT2D eigenvalue weighted by molar-refractivity contribution is 5.70. The van der Waals surface area contributed by atoms with Crippen LogP contribution in [0.25, 0.3) is 0 Å². The maximum absolute atomic E-state index is 10.4.